The molecule has 3 heterocycles. The van der Waals surface area contributed by atoms with Crippen LogP contribution in [0.25, 0.3) is 22.6 Å². The summed E-state index contributed by atoms with van der Waals surface area (Å²) in [5, 5.41) is 21.4. The number of carbonyl (C=O) groups excluding carboxylic acids is 1. The predicted octanol–water partition coefficient (Wildman–Crippen LogP) is 3.20. The van der Waals surface area contributed by atoms with E-state index < -0.39 is 36.8 Å². The molecule has 33 heavy (non-hydrogen) atoms. The summed E-state index contributed by atoms with van der Waals surface area (Å²) in [5.41, 5.74) is 1.05. The second kappa shape index (κ2) is 8.73. The van der Waals surface area contributed by atoms with Crippen LogP contribution in [0.3, 0.4) is 0 Å². The van der Waals surface area contributed by atoms with Crippen LogP contribution in [-0.2, 0) is 11.3 Å². The molecule has 2 aromatic heterocycles. The topological polar surface area (TPSA) is 106 Å². The molecule has 9 nitrogen and oxygen atoms in total. The summed E-state index contributed by atoms with van der Waals surface area (Å²) in [6, 6.07) is 6.97. The number of amides is 1. The quantitative estimate of drug-likeness (QED) is 0.556. The van der Waals surface area contributed by atoms with Crippen molar-refractivity contribution in [2.24, 2.45) is 0 Å². The highest BCUT2D eigenvalue weighted by molar-refractivity contribution is 5.90. The van der Waals surface area contributed by atoms with Gasteiger partial charge in [0.15, 0.2) is 12.2 Å². The molecule has 1 aliphatic rings. The van der Waals surface area contributed by atoms with Crippen molar-refractivity contribution in [2.45, 2.75) is 38.3 Å². The zero-order valence-corrected chi connectivity index (χ0v) is 17.2. The van der Waals surface area contributed by atoms with E-state index in [2.05, 4.69) is 25.1 Å². The van der Waals surface area contributed by atoms with Crippen molar-refractivity contribution in [3.8, 4) is 22.6 Å². The standard InChI is InChI=1S/C20H18F4N6O3/c1-2-7-30-27-18(26-28-30)15-6-3-11(9-25-15)13-5-4-12(8-14(13)21)29-10-16(33-19(29)32)17(31)20(22,23)24/h3-6,8-9,16-17,31H,2,7,10H2,1H3/t16-,17?/m0/s1. The van der Waals surface area contributed by atoms with Crippen molar-refractivity contribution in [3.63, 3.8) is 0 Å². The van der Waals surface area contributed by atoms with Crippen LogP contribution < -0.4 is 4.90 Å². The van der Waals surface area contributed by atoms with E-state index in [1.165, 1.54) is 23.1 Å². The average molecular weight is 466 g/mol. The van der Waals surface area contributed by atoms with Gasteiger partial charge < -0.3 is 9.84 Å². The molecule has 3 aromatic rings. The van der Waals surface area contributed by atoms with E-state index in [0.717, 1.165) is 17.4 Å². The van der Waals surface area contributed by atoms with Crippen LogP contribution in [0.5, 0.6) is 0 Å². The number of hydrogen-bond acceptors (Lipinski definition) is 7. The molecule has 1 aromatic carbocycles. The van der Waals surface area contributed by atoms with Crippen LogP contribution in [0.1, 0.15) is 13.3 Å². The molecule has 0 aliphatic carbocycles. The Hall–Kier alpha value is -3.61. The van der Waals surface area contributed by atoms with E-state index in [4.69, 9.17) is 0 Å². The number of aromatic nitrogens is 5. The Morgan fingerprint density at radius 1 is 1.27 bits per heavy atom. The Kier molecular flexibility index (Phi) is 5.97. The highest BCUT2D eigenvalue weighted by atomic mass is 19.4. The normalized spacial score (nSPS) is 17.3. The zero-order chi connectivity index (χ0) is 23.8. The van der Waals surface area contributed by atoms with Gasteiger partial charge in [-0.1, -0.05) is 13.0 Å². The molecule has 13 heteroatoms. The van der Waals surface area contributed by atoms with Gasteiger partial charge in [-0.15, -0.1) is 10.2 Å². The lowest BCUT2D eigenvalue weighted by Crippen LogP contribution is -2.42. The first-order valence-corrected chi connectivity index (χ1v) is 9.94. The van der Waals surface area contributed by atoms with E-state index in [9.17, 15) is 27.5 Å². The Bertz CT molecular complexity index is 1150. The van der Waals surface area contributed by atoms with Crippen LogP contribution in [0.15, 0.2) is 36.5 Å². The average Bonchev–Trinajstić information content (AvgIpc) is 3.40. The maximum Gasteiger partial charge on any atom is 0.418 e. The SMILES string of the molecule is CCCn1nnc(-c2ccc(-c3ccc(N4C[C@@H](C(O)C(F)(F)F)OC4=O)cc3F)cn2)n1. The van der Waals surface area contributed by atoms with Crippen molar-refractivity contribution in [1.82, 2.24) is 25.2 Å². The fraction of sp³-hybridized carbons (Fsp3) is 0.350. The van der Waals surface area contributed by atoms with E-state index in [1.54, 1.807) is 12.1 Å². The molecular formula is C20H18F4N6O3. The summed E-state index contributed by atoms with van der Waals surface area (Å²) in [4.78, 5) is 18.5. The number of tetrazole rings is 1. The fourth-order valence-electron chi connectivity index (χ4n) is 3.30. The lowest BCUT2D eigenvalue weighted by atomic mass is 10.1. The molecule has 1 fully saturated rings. The molecular weight excluding hydrogens is 448 g/mol. The van der Waals surface area contributed by atoms with E-state index in [-0.39, 0.29) is 11.3 Å². The summed E-state index contributed by atoms with van der Waals surface area (Å²) < 4.78 is 57.5. The minimum atomic E-state index is -4.95. The lowest BCUT2D eigenvalue weighted by molar-refractivity contribution is -0.224. The van der Waals surface area contributed by atoms with E-state index in [0.29, 0.717) is 23.6 Å². The largest absolute Gasteiger partial charge is 0.441 e. The van der Waals surface area contributed by atoms with Crippen molar-refractivity contribution in [1.29, 1.82) is 0 Å². The Balaban J connectivity index is 1.51. The first-order valence-electron chi connectivity index (χ1n) is 9.94. The number of pyridine rings is 1. The second-order valence-corrected chi connectivity index (χ2v) is 7.32. The van der Waals surface area contributed by atoms with Gasteiger partial charge in [-0.3, -0.25) is 9.88 Å². The number of aryl methyl sites for hydroxylation is 1. The van der Waals surface area contributed by atoms with Crippen LogP contribution in [0, 0.1) is 5.82 Å². The summed E-state index contributed by atoms with van der Waals surface area (Å²) in [6.45, 7) is 2.02. The van der Waals surface area contributed by atoms with E-state index in [1.807, 2.05) is 6.92 Å². The Morgan fingerprint density at radius 3 is 2.70 bits per heavy atom. The molecule has 1 N–H and O–H groups in total. The summed E-state index contributed by atoms with van der Waals surface area (Å²) >= 11 is 0. The Labute approximate surface area is 184 Å². The van der Waals surface area contributed by atoms with E-state index >= 15 is 0 Å². The Morgan fingerprint density at radius 2 is 2.06 bits per heavy atom. The lowest BCUT2D eigenvalue weighted by Gasteiger charge is -2.19. The van der Waals surface area contributed by atoms with Crippen molar-refractivity contribution >= 4 is 11.8 Å². The second-order valence-electron chi connectivity index (χ2n) is 7.32. The maximum absolute atomic E-state index is 14.8. The third-order valence-electron chi connectivity index (χ3n) is 4.97. The maximum atomic E-state index is 14.8. The number of nitrogens with zero attached hydrogens (tertiary/aromatic N) is 6. The summed E-state index contributed by atoms with van der Waals surface area (Å²) in [5.74, 6) is -0.393. The predicted molar refractivity (Wildman–Crippen MR) is 106 cm³/mol. The molecule has 0 bridgehead atoms. The van der Waals surface area contributed by atoms with Gasteiger partial charge in [-0.05, 0) is 35.9 Å². The van der Waals surface area contributed by atoms with Gasteiger partial charge in [-0.25, -0.2) is 9.18 Å². The van der Waals surface area contributed by atoms with Crippen LogP contribution in [0.4, 0.5) is 28.0 Å². The third-order valence-corrected chi connectivity index (χ3v) is 4.97. The number of benzene rings is 1. The first-order chi connectivity index (χ1) is 15.7. The molecule has 174 valence electrons. The molecule has 0 radical (unpaired) electrons. The molecule has 1 saturated heterocycles. The number of ether oxygens (including phenoxy) is 1. The molecule has 0 spiro atoms. The number of carbonyl (C=O) groups is 1. The van der Waals surface area contributed by atoms with Gasteiger partial charge in [0.25, 0.3) is 0 Å². The third kappa shape index (κ3) is 4.62. The minimum absolute atomic E-state index is 0.000517. The number of aliphatic hydroxyl groups excluding tert-OH is 1. The van der Waals surface area contributed by atoms with Crippen LogP contribution >= 0.6 is 0 Å². The number of alkyl halides is 3. The van der Waals surface area contributed by atoms with Gasteiger partial charge in [-0.2, -0.15) is 18.0 Å². The summed E-state index contributed by atoms with van der Waals surface area (Å²) in [7, 11) is 0. The molecule has 2 atom stereocenters. The zero-order valence-electron chi connectivity index (χ0n) is 17.2. The molecule has 1 unspecified atom stereocenters. The minimum Gasteiger partial charge on any atom is -0.441 e. The molecule has 1 amide bonds. The number of aliphatic hydroxyl groups is 1. The van der Waals surface area contributed by atoms with Crippen molar-refractivity contribution < 1.29 is 32.2 Å². The first kappa shape index (κ1) is 22.6. The number of halogens is 4. The van der Waals surface area contributed by atoms with Gasteiger partial charge >= 0.3 is 12.3 Å². The molecule has 4 rings (SSSR count). The fourth-order valence-corrected chi connectivity index (χ4v) is 3.30. The van der Waals surface area contributed by atoms with Crippen LogP contribution in [-0.4, -0.2) is 61.3 Å². The van der Waals surface area contributed by atoms with Gasteiger partial charge in [0.2, 0.25) is 5.82 Å². The van der Waals surface area contributed by atoms with Gasteiger partial charge in [0, 0.05) is 17.3 Å². The summed E-state index contributed by atoms with van der Waals surface area (Å²) in [6.07, 6.45) is -8.43. The van der Waals surface area contributed by atoms with Gasteiger partial charge in [0.1, 0.15) is 11.5 Å². The van der Waals surface area contributed by atoms with Gasteiger partial charge in [0.05, 0.1) is 18.8 Å². The number of anilines is 1. The van der Waals surface area contributed by atoms with Crippen molar-refractivity contribution in [2.75, 3.05) is 11.4 Å². The van der Waals surface area contributed by atoms with Crippen LogP contribution in [0.2, 0.25) is 0 Å². The number of hydrogen-bond donors (Lipinski definition) is 1. The van der Waals surface area contributed by atoms with Crippen molar-refractivity contribution in [3.05, 3.63) is 42.3 Å². The number of cyclic esters (lactones) is 1. The molecule has 0 saturated carbocycles. The molecule has 1 aliphatic heterocycles. The number of rotatable bonds is 6. The highest BCUT2D eigenvalue weighted by Crippen LogP contribution is 2.32. The highest BCUT2D eigenvalue weighted by Gasteiger charge is 2.49. The monoisotopic (exact) mass is 466 g/mol. The smallest absolute Gasteiger partial charge is 0.418 e.